The van der Waals surface area contributed by atoms with E-state index in [-0.39, 0.29) is 5.75 Å². The van der Waals surface area contributed by atoms with Gasteiger partial charge in [-0.3, -0.25) is 0 Å². The van der Waals surface area contributed by atoms with Crippen molar-refractivity contribution in [2.45, 2.75) is 20.4 Å². The normalized spacial score (nSPS) is 10.5. The van der Waals surface area contributed by atoms with Crippen LogP contribution in [0.1, 0.15) is 18.2 Å². The largest absolute Gasteiger partial charge is 0.508 e. The lowest BCUT2D eigenvalue weighted by molar-refractivity contribution is 0.475. The van der Waals surface area contributed by atoms with Gasteiger partial charge in [-0.2, -0.15) is 0 Å². The van der Waals surface area contributed by atoms with Crippen LogP contribution in [0.4, 0.5) is 11.6 Å². The molecular formula is C14H18N4O. The maximum atomic E-state index is 9.64. The summed E-state index contributed by atoms with van der Waals surface area (Å²) in [7, 11) is 0. The van der Waals surface area contributed by atoms with Crippen LogP contribution in [-0.4, -0.2) is 21.6 Å². The fraction of sp³-hybridized carbons (Fsp3) is 0.286. The Hall–Kier alpha value is -2.14. The van der Waals surface area contributed by atoms with E-state index in [0.717, 1.165) is 16.9 Å². The molecule has 2 rings (SSSR count). The lowest BCUT2D eigenvalue weighted by atomic mass is 10.1. The van der Waals surface area contributed by atoms with E-state index in [9.17, 15) is 5.11 Å². The van der Waals surface area contributed by atoms with Crippen LogP contribution in [0, 0.1) is 6.92 Å². The molecule has 0 saturated heterocycles. The number of hydrogen-bond donors (Lipinski definition) is 2. The highest BCUT2D eigenvalue weighted by atomic mass is 16.3. The quantitative estimate of drug-likeness (QED) is 0.878. The van der Waals surface area contributed by atoms with Crippen LogP contribution < -0.4 is 10.6 Å². The standard InChI is InChI=1S/C14H18N4O/c1-3-18(13-8-12(19)5-4-10(13)2)14-16-7-6-11(9-15)17-14/h4-8,19H,3,9,15H2,1-2H3. The molecule has 0 bridgehead atoms. The summed E-state index contributed by atoms with van der Waals surface area (Å²) in [5.41, 5.74) is 8.35. The van der Waals surface area contributed by atoms with Gasteiger partial charge < -0.3 is 15.7 Å². The molecule has 0 atom stereocenters. The van der Waals surface area contributed by atoms with E-state index in [4.69, 9.17) is 5.73 Å². The molecular weight excluding hydrogens is 240 g/mol. The molecule has 5 heteroatoms. The summed E-state index contributed by atoms with van der Waals surface area (Å²) in [6.07, 6.45) is 1.70. The lowest BCUT2D eigenvalue weighted by Gasteiger charge is -2.23. The van der Waals surface area contributed by atoms with Gasteiger partial charge in [-0.25, -0.2) is 9.97 Å². The minimum Gasteiger partial charge on any atom is -0.508 e. The number of rotatable bonds is 4. The maximum absolute atomic E-state index is 9.64. The average Bonchev–Trinajstić information content (AvgIpc) is 2.44. The summed E-state index contributed by atoms with van der Waals surface area (Å²) in [6, 6.07) is 7.06. The molecule has 100 valence electrons. The van der Waals surface area contributed by atoms with Crippen molar-refractivity contribution in [3.63, 3.8) is 0 Å². The zero-order valence-electron chi connectivity index (χ0n) is 11.2. The maximum Gasteiger partial charge on any atom is 0.230 e. The molecule has 5 nitrogen and oxygen atoms in total. The Balaban J connectivity index is 2.46. The molecule has 19 heavy (non-hydrogen) atoms. The number of phenolic OH excluding ortho intramolecular Hbond substituents is 1. The van der Waals surface area contributed by atoms with Crippen molar-refractivity contribution in [3.05, 3.63) is 41.7 Å². The zero-order chi connectivity index (χ0) is 13.8. The first-order valence-electron chi connectivity index (χ1n) is 6.25. The van der Waals surface area contributed by atoms with Gasteiger partial charge in [0.1, 0.15) is 5.75 Å². The number of aromatic nitrogens is 2. The molecule has 0 unspecified atom stereocenters. The molecule has 0 aliphatic carbocycles. The van der Waals surface area contributed by atoms with Crippen molar-refractivity contribution in [2.75, 3.05) is 11.4 Å². The fourth-order valence-electron chi connectivity index (χ4n) is 1.94. The van der Waals surface area contributed by atoms with Crippen molar-refractivity contribution in [1.82, 2.24) is 9.97 Å². The van der Waals surface area contributed by atoms with Gasteiger partial charge in [0.2, 0.25) is 5.95 Å². The number of benzene rings is 1. The highest BCUT2D eigenvalue weighted by molar-refractivity contribution is 5.63. The fourth-order valence-corrected chi connectivity index (χ4v) is 1.94. The number of anilines is 2. The first-order chi connectivity index (χ1) is 9.15. The van der Waals surface area contributed by atoms with Gasteiger partial charge in [0, 0.05) is 25.4 Å². The predicted octanol–water partition coefficient (Wildman–Crippen LogP) is 2.11. The second kappa shape index (κ2) is 5.67. The molecule has 3 N–H and O–H groups in total. The molecule has 0 aliphatic rings. The molecule has 0 radical (unpaired) electrons. The third-order valence-corrected chi connectivity index (χ3v) is 2.95. The zero-order valence-corrected chi connectivity index (χ0v) is 11.2. The highest BCUT2D eigenvalue weighted by Gasteiger charge is 2.13. The Morgan fingerprint density at radius 2 is 2.11 bits per heavy atom. The third kappa shape index (κ3) is 2.82. The topological polar surface area (TPSA) is 75.3 Å². The minimum absolute atomic E-state index is 0.231. The summed E-state index contributed by atoms with van der Waals surface area (Å²) in [5.74, 6) is 0.827. The molecule has 2 aromatic rings. The molecule has 1 heterocycles. The van der Waals surface area contributed by atoms with Gasteiger partial charge in [0.05, 0.1) is 11.4 Å². The Bertz CT molecular complexity index is 571. The first-order valence-corrected chi connectivity index (χ1v) is 6.25. The third-order valence-electron chi connectivity index (χ3n) is 2.95. The van der Waals surface area contributed by atoms with Gasteiger partial charge in [-0.05, 0) is 31.5 Å². The van der Waals surface area contributed by atoms with Crippen LogP contribution in [0.2, 0.25) is 0 Å². The van der Waals surface area contributed by atoms with Gasteiger partial charge in [-0.15, -0.1) is 0 Å². The van der Waals surface area contributed by atoms with Crippen LogP contribution in [0.15, 0.2) is 30.5 Å². The van der Waals surface area contributed by atoms with Crippen LogP contribution in [0.5, 0.6) is 5.75 Å². The summed E-state index contributed by atoms with van der Waals surface area (Å²) in [4.78, 5) is 10.7. The first kappa shape index (κ1) is 13.3. The van der Waals surface area contributed by atoms with Crippen LogP contribution >= 0.6 is 0 Å². The Kier molecular flexibility index (Phi) is 3.97. The van der Waals surface area contributed by atoms with E-state index >= 15 is 0 Å². The van der Waals surface area contributed by atoms with E-state index in [0.29, 0.717) is 19.0 Å². The highest BCUT2D eigenvalue weighted by Crippen LogP contribution is 2.28. The smallest absolute Gasteiger partial charge is 0.230 e. The van der Waals surface area contributed by atoms with E-state index in [1.807, 2.05) is 24.8 Å². The van der Waals surface area contributed by atoms with E-state index in [1.54, 1.807) is 24.4 Å². The molecule has 0 spiro atoms. The monoisotopic (exact) mass is 258 g/mol. The molecule has 1 aromatic heterocycles. The van der Waals surface area contributed by atoms with Crippen molar-refractivity contribution >= 4 is 11.6 Å². The van der Waals surface area contributed by atoms with Gasteiger partial charge in [-0.1, -0.05) is 6.07 Å². The number of nitrogens with zero attached hydrogens (tertiary/aromatic N) is 3. The van der Waals surface area contributed by atoms with Crippen molar-refractivity contribution in [3.8, 4) is 5.75 Å². The van der Waals surface area contributed by atoms with Gasteiger partial charge >= 0.3 is 0 Å². The second-order valence-electron chi connectivity index (χ2n) is 4.27. The SMILES string of the molecule is CCN(c1nccc(CN)n1)c1cc(O)ccc1C. The molecule has 0 amide bonds. The molecule has 0 fully saturated rings. The Morgan fingerprint density at radius 3 is 2.79 bits per heavy atom. The van der Waals surface area contributed by atoms with Crippen molar-refractivity contribution in [1.29, 1.82) is 0 Å². The van der Waals surface area contributed by atoms with Crippen LogP contribution in [-0.2, 0) is 6.54 Å². The van der Waals surface area contributed by atoms with Gasteiger partial charge in [0.15, 0.2) is 0 Å². The number of aromatic hydroxyl groups is 1. The van der Waals surface area contributed by atoms with E-state index in [2.05, 4.69) is 9.97 Å². The number of phenols is 1. The minimum atomic E-state index is 0.231. The van der Waals surface area contributed by atoms with E-state index in [1.165, 1.54) is 0 Å². The van der Waals surface area contributed by atoms with Crippen LogP contribution in [0.3, 0.4) is 0 Å². The molecule has 1 aromatic carbocycles. The van der Waals surface area contributed by atoms with Crippen molar-refractivity contribution in [2.24, 2.45) is 5.73 Å². The second-order valence-corrected chi connectivity index (χ2v) is 4.27. The number of nitrogens with two attached hydrogens (primary N) is 1. The number of hydrogen-bond acceptors (Lipinski definition) is 5. The lowest BCUT2D eigenvalue weighted by Crippen LogP contribution is -2.20. The average molecular weight is 258 g/mol. The Labute approximate surface area is 112 Å². The summed E-state index contributed by atoms with van der Waals surface area (Å²) in [6.45, 7) is 5.09. The Morgan fingerprint density at radius 1 is 1.32 bits per heavy atom. The molecule has 0 aliphatic heterocycles. The predicted molar refractivity (Wildman–Crippen MR) is 75.4 cm³/mol. The summed E-state index contributed by atoms with van der Waals surface area (Å²) >= 11 is 0. The van der Waals surface area contributed by atoms with Crippen molar-refractivity contribution < 1.29 is 5.11 Å². The van der Waals surface area contributed by atoms with Gasteiger partial charge in [0.25, 0.3) is 0 Å². The van der Waals surface area contributed by atoms with E-state index < -0.39 is 0 Å². The molecule has 0 saturated carbocycles. The summed E-state index contributed by atoms with van der Waals surface area (Å²) < 4.78 is 0. The van der Waals surface area contributed by atoms with Crippen LogP contribution in [0.25, 0.3) is 0 Å². The summed E-state index contributed by atoms with van der Waals surface area (Å²) in [5, 5.41) is 9.64. The number of aryl methyl sites for hydroxylation is 1.